The Balaban J connectivity index is 1.53. The van der Waals surface area contributed by atoms with E-state index < -0.39 is 0 Å². The largest absolute Gasteiger partial charge is 0.350 e. The maximum absolute atomic E-state index is 12.9. The Morgan fingerprint density at radius 1 is 1.07 bits per heavy atom. The zero-order valence-electron chi connectivity index (χ0n) is 16.7. The van der Waals surface area contributed by atoms with Crippen molar-refractivity contribution in [1.82, 2.24) is 19.2 Å². The molecule has 2 aliphatic rings. The number of carbonyl (C=O) groups excluding carboxylic acids is 1. The molecule has 2 aromatic rings. The summed E-state index contributed by atoms with van der Waals surface area (Å²) < 4.78 is 3.12. The van der Waals surface area contributed by atoms with Crippen LogP contribution in [0, 0.1) is 5.92 Å². The summed E-state index contributed by atoms with van der Waals surface area (Å²) in [6.07, 6.45) is 8.81. The molecule has 6 nitrogen and oxygen atoms in total. The lowest BCUT2D eigenvalue weighted by molar-refractivity contribution is -0.133. The molecule has 1 aromatic carbocycles. The van der Waals surface area contributed by atoms with Crippen LogP contribution in [0.15, 0.2) is 35.1 Å². The highest BCUT2D eigenvalue weighted by Crippen LogP contribution is 2.30. The van der Waals surface area contributed by atoms with Crippen LogP contribution in [0.25, 0.3) is 5.69 Å². The highest BCUT2D eigenvalue weighted by Gasteiger charge is 2.30. The number of aromatic nitrogens is 3. The first-order valence-electron chi connectivity index (χ1n) is 10.6. The number of carbonyl (C=O) groups is 1. The number of rotatable bonds is 4. The Bertz CT molecular complexity index is 864. The second-order valence-corrected chi connectivity index (χ2v) is 8.32. The van der Waals surface area contributed by atoms with E-state index >= 15 is 0 Å². The van der Waals surface area contributed by atoms with Gasteiger partial charge in [-0.3, -0.25) is 4.79 Å². The molecule has 2 heterocycles. The summed E-state index contributed by atoms with van der Waals surface area (Å²) in [6.45, 7) is 1.49. The van der Waals surface area contributed by atoms with E-state index in [9.17, 15) is 9.59 Å². The molecule has 1 aliphatic carbocycles. The quantitative estimate of drug-likeness (QED) is 0.816. The van der Waals surface area contributed by atoms with Crippen molar-refractivity contribution in [2.45, 2.75) is 57.3 Å². The standard InChI is InChI=1S/C22H30N4O2/c1-24-22(28)26(19-12-6-3-7-13-19)21(23-24)18-11-8-14-25(16-18)20(27)15-17-9-4-2-5-10-17/h3,6-7,12-13,17-18H,2,4-5,8-11,14-16H2,1H3. The molecule has 0 bridgehead atoms. The minimum Gasteiger partial charge on any atom is -0.342 e. The van der Waals surface area contributed by atoms with Gasteiger partial charge in [-0.2, -0.15) is 5.10 Å². The molecule has 4 rings (SSSR count). The summed E-state index contributed by atoms with van der Waals surface area (Å²) in [5.74, 6) is 1.70. The third-order valence-corrected chi connectivity index (χ3v) is 6.29. The predicted octanol–water partition coefficient (Wildman–Crippen LogP) is 3.25. The number of aryl methyl sites for hydroxylation is 1. The number of likely N-dealkylation sites (tertiary alicyclic amines) is 1. The lowest BCUT2D eigenvalue weighted by Gasteiger charge is -2.33. The molecule has 1 atom stereocenters. The molecule has 150 valence electrons. The maximum atomic E-state index is 12.9. The van der Waals surface area contributed by atoms with Gasteiger partial charge in [0.05, 0.1) is 5.69 Å². The molecule has 0 radical (unpaired) electrons. The van der Waals surface area contributed by atoms with Crippen LogP contribution in [-0.2, 0) is 11.8 Å². The first-order valence-corrected chi connectivity index (χ1v) is 10.6. The third-order valence-electron chi connectivity index (χ3n) is 6.29. The molecule has 1 saturated heterocycles. The summed E-state index contributed by atoms with van der Waals surface area (Å²) >= 11 is 0. The van der Waals surface area contributed by atoms with Crippen molar-refractivity contribution >= 4 is 5.91 Å². The summed E-state index contributed by atoms with van der Waals surface area (Å²) in [7, 11) is 1.69. The van der Waals surface area contributed by atoms with Crippen LogP contribution in [0.2, 0.25) is 0 Å². The number of hydrogen-bond donors (Lipinski definition) is 0. The molecule has 1 amide bonds. The number of piperidine rings is 1. The molecule has 1 saturated carbocycles. The molecule has 28 heavy (non-hydrogen) atoms. The molecule has 1 unspecified atom stereocenters. The van der Waals surface area contributed by atoms with Crippen LogP contribution in [0.1, 0.15) is 63.1 Å². The molecular weight excluding hydrogens is 352 g/mol. The van der Waals surface area contributed by atoms with Crippen LogP contribution < -0.4 is 5.69 Å². The number of para-hydroxylation sites is 1. The smallest absolute Gasteiger partial charge is 0.342 e. The average molecular weight is 383 g/mol. The Kier molecular flexibility index (Phi) is 5.64. The maximum Gasteiger partial charge on any atom is 0.350 e. The van der Waals surface area contributed by atoms with Crippen molar-refractivity contribution in [2.24, 2.45) is 13.0 Å². The van der Waals surface area contributed by atoms with Crippen LogP contribution in [-0.4, -0.2) is 38.2 Å². The minimum atomic E-state index is -0.133. The number of amides is 1. The Labute approximate surface area is 166 Å². The van der Waals surface area contributed by atoms with E-state index in [2.05, 4.69) is 5.10 Å². The lowest BCUT2D eigenvalue weighted by Crippen LogP contribution is -2.40. The van der Waals surface area contributed by atoms with Crippen molar-refractivity contribution in [3.8, 4) is 5.69 Å². The fourth-order valence-electron chi connectivity index (χ4n) is 4.75. The van der Waals surface area contributed by atoms with Crippen LogP contribution >= 0.6 is 0 Å². The third kappa shape index (κ3) is 3.91. The van der Waals surface area contributed by atoms with Gasteiger partial charge in [0.25, 0.3) is 0 Å². The lowest BCUT2D eigenvalue weighted by atomic mass is 9.86. The van der Waals surface area contributed by atoms with Crippen molar-refractivity contribution in [2.75, 3.05) is 13.1 Å². The van der Waals surface area contributed by atoms with Gasteiger partial charge in [-0.15, -0.1) is 0 Å². The van der Waals surface area contributed by atoms with E-state index in [1.165, 1.54) is 36.8 Å². The molecule has 0 N–H and O–H groups in total. The monoisotopic (exact) mass is 382 g/mol. The van der Waals surface area contributed by atoms with Gasteiger partial charge in [-0.25, -0.2) is 14.0 Å². The highest BCUT2D eigenvalue weighted by molar-refractivity contribution is 5.76. The van der Waals surface area contributed by atoms with Crippen LogP contribution in [0.5, 0.6) is 0 Å². The Morgan fingerprint density at radius 2 is 1.82 bits per heavy atom. The van der Waals surface area contributed by atoms with Gasteiger partial charge in [-0.1, -0.05) is 37.5 Å². The van der Waals surface area contributed by atoms with E-state index in [4.69, 9.17) is 0 Å². The van der Waals surface area contributed by atoms with Gasteiger partial charge in [0.15, 0.2) is 0 Å². The topological polar surface area (TPSA) is 60.1 Å². The highest BCUT2D eigenvalue weighted by atomic mass is 16.2. The Hall–Kier alpha value is -2.37. The fraction of sp³-hybridized carbons (Fsp3) is 0.591. The van der Waals surface area contributed by atoms with Gasteiger partial charge in [0, 0.05) is 32.5 Å². The summed E-state index contributed by atoms with van der Waals surface area (Å²) in [6, 6.07) is 9.67. The minimum absolute atomic E-state index is 0.0955. The summed E-state index contributed by atoms with van der Waals surface area (Å²) in [5.41, 5.74) is 0.702. The second-order valence-electron chi connectivity index (χ2n) is 8.32. The second kappa shape index (κ2) is 8.33. The van der Waals surface area contributed by atoms with Crippen molar-refractivity contribution in [3.63, 3.8) is 0 Å². The van der Waals surface area contributed by atoms with Gasteiger partial charge in [-0.05, 0) is 43.7 Å². The van der Waals surface area contributed by atoms with E-state index in [-0.39, 0.29) is 17.5 Å². The first-order chi connectivity index (χ1) is 13.6. The van der Waals surface area contributed by atoms with E-state index in [1.54, 1.807) is 11.6 Å². The van der Waals surface area contributed by atoms with Crippen molar-refractivity contribution < 1.29 is 4.79 Å². The van der Waals surface area contributed by atoms with E-state index in [0.717, 1.165) is 30.9 Å². The fourth-order valence-corrected chi connectivity index (χ4v) is 4.75. The van der Waals surface area contributed by atoms with E-state index in [1.807, 2.05) is 35.2 Å². The Morgan fingerprint density at radius 3 is 2.57 bits per heavy atom. The van der Waals surface area contributed by atoms with Gasteiger partial charge < -0.3 is 4.90 Å². The SMILES string of the molecule is Cn1nc(C2CCCN(C(=O)CC3CCCCC3)C2)n(-c2ccccc2)c1=O. The van der Waals surface area contributed by atoms with Gasteiger partial charge >= 0.3 is 5.69 Å². The molecule has 6 heteroatoms. The molecule has 0 spiro atoms. The molecule has 1 aromatic heterocycles. The van der Waals surface area contributed by atoms with Gasteiger partial charge in [0.2, 0.25) is 5.91 Å². The zero-order valence-corrected chi connectivity index (χ0v) is 16.7. The number of nitrogens with zero attached hydrogens (tertiary/aromatic N) is 4. The summed E-state index contributed by atoms with van der Waals surface area (Å²) in [5, 5.41) is 4.55. The van der Waals surface area contributed by atoms with Gasteiger partial charge in [0.1, 0.15) is 5.82 Å². The molecule has 1 aliphatic heterocycles. The average Bonchev–Trinajstić information content (AvgIpc) is 3.04. The first kappa shape index (κ1) is 19.0. The van der Waals surface area contributed by atoms with Crippen molar-refractivity contribution in [3.05, 3.63) is 46.6 Å². The molecular formula is C22H30N4O2. The normalized spacial score (nSPS) is 21.0. The van der Waals surface area contributed by atoms with Crippen LogP contribution in [0.3, 0.4) is 0 Å². The van der Waals surface area contributed by atoms with Crippen LogP contribution in [0.4, 0.5) is 0 Å². The molecule has 2 fully saturated rings. The zero-order chi connectivity index (χ0) is 19.5. The number of benzene rings is 1. The number of hydrogen-bond acceptors (Lipinski definition) is 3. The van der Waals surface area contributed by atoms with Crippen molar-refractivity contribution in [1.29, 1.82) is 0 Å². The summed E-state index contributed by atoms with van der Waals surface area (Å²) in [4.78, 5) is 27.6. The predicted molar refractivity (Wildman–Crippen MR) is 109 cm³/mol. The van der Waals surface area contributed by atoms with E-state index in [0.29, 0.717) is 18.9 Å².